The highest BCUT2D eigenvalue weighted by Crippen LogP contribution is 2.22. The van der Waals surface area contributed by atoms with Gasteiger partial charge in [0.1, 0.15) is 5.82 Å². The number of amides is 2. The van der Waals surface area contributed by atoms with E-state index in [9.17, 15) is 9.59 Å². The van der Waals surface area contributed by atoms with Crippen LogP contribution in [0.4, 0.5) is 17.5 Å². The van der Waals surface area contributed by atoms with Crippen molar-refractivity contribution in [1.82, 2.24) is 14.9 Å². The number of benzene rings is 2. The van der Waals surface area contributed by atoms with Crippen LogP contribution in [0.5, 0.6) is 0 Å². The van der Waals surface area contributed by atoms with Gasteiger partial charge in [-0.2, -0.15) is 10.2 Å². The van der Waals surface area contributed by atoms with E-state index in [1.54, 1.807) is 61.8 Å². The lowest BCUT2D eigenvalue weighted by Crippen LogP contribution is -2.30. The van der Waals surface area contributed by atoms with Gasteiger partial charge >= 0.3 is 0 Å². The van der Waals surface area contributed by atoms with Gasteiger partial charge in [-0.3, -0.25) is 14.5 Å². The Labute approximate surface area is 191 Å². The van der Waals surface area contributed by atoms with Crippen LogP contribution < -0.4 is 10.6 Å². The van der Waals surface area contributed by atoms with E-state index in [2.05, 4.69) is 38.5 Å². The summed E-state index contributed by atoms with van der Waals surface area (Å²) in [6, 6.07) is 15.9. The smallest absolute Gasteiger partial charge is 0.261 e. The van der Waals surface area contributed by atoms with E-state index in [1.807, 2.05) is 0 Å². The number of nitrogens with zero attached hydrogens (tertiary/aromatic N) is 4. The lowest BCUT2D eigenvalue weighted by Gasteiger charge is -2.12. The van der Waals surface area contributed by atoms with Gasteiger partial charge in [0, 0.05) is 25.7 Å². The number of carbonyl (C=O) groups excluding carboxylic acids is 2. The van der Waals surface area contributed by atoms with E-state index in [0.29, 0.717) is 53.4 Å². The number of imide groups is 1. The van der Waals surface area contributed by atoms with Gasteiger partial charge < -0.3 is 10.6 Å². The molecule has 2 N–H and O–H groups in total. The fraction of sp³-hybridized carbons (Fsp3) is 0.160. The Balaban J connectivity index is 1.35. The Morgan fingerprint density at radius 1 is 1.03 bits per heavy atom. The Kier molecular flexibility index (Phi) is 6.28. The average Bonchev–Trinajstić information content (AvgIpc) is 3.09. The molecule has 0 atom stereocenters. The van der Waals surface area contributed by atoms with Crippen LogP contribution in [0.3, 0.4) is 0 Å². The number of fused-ring (bicyclic) bond motifs is 1. The topological polar surface area (TPSA) is 111 Å². The lowest BCUT2D eigenvalue weighted by molar-refractivity contribution is 0.0653. The maximum absolute atomic E-state index is 12.4. The second-order valence-electron chi connectivity index (χ2n) is 7.23. The molecule has 162 valence electrons. The molecule has 1 aromatic heterocycles. The number of hydrogen-bond acceptors (Lipinski definition) is 7. The minimum absolute atomic E-state index is 0.250. The quantitative estimate of drug-likeness (QED) is 0.345. The summed E-state index contributed by atoms with van der Waals surface area (Å²) in [5, 5.41) is 15.0. The van der Waals surface area contributed by atoms with Crippen molar-refractivity contribution in [2.75, 3.05) is 24.2 Å². The molecule has 0 fully saturated rings. The van der Waals surface area contributed by atoms with Crippen molar-refractivity contribution >= 4 is 29.3 Å². The van der Waals surface area contributed by atoms with Crippen molar-refractivity contribution in [3.05, 3.63) is 77.0 Å². The van der Waals surface area contributed by atoms with Crippen LogP contribution in [0.25, 0.3) is 0 Å². The minimum atomic E-state index is -0.250. The molecule has 2 aromatic carbocycles. The number of hydrogen-bond donors (Lipinski definition) is 2. The second-order valence-corrected chi connectivity index (χ2v) is 7.23. The molecule has 4 rings (SSSR count). The average molecular weight is 436 g/mol. The van der Waals surface area contributed by atoms with Crippen LogP contribution in [0.1, 0.15) is 44.7 Å². The van der Waals surface area contributed by atoms with Crippen LogP contribution in [-0.4, -0.2) is 40.3 Å². The van der Waals surface area contributed by atoms with Crippen LogP contribution in [0, 0.1) is 23.2 Å². The van der Waals surface area contributed by atoms with Crippen molar-refractivity contribution in [2.24, 2.45) is 0 Å². The maximum atomic E-state index is 12.4. The number of carbonyl (C=O) groups is 2. The van der Waals surface area contributed by atoms with Gasteiger partial charge in [0.15, 0.2) is 0 Å². The molecule has 0 bridgehead atoms. The highest BCUT2D eigenvalue weighted by molar-refractivity contribution is 6.21. The molecule has 0 saturated heterocycles. The summed E-state index contributed by atoms with van der Waals surface area (Å²) < 4.78 is 0. The molecule has 3 aromatic rings. The third-order valence-corrected chi connectivity index (χ3v) is 5.08. The van der Waals surface area contributed by atoms with Gasteiger partial charge in [-0.15, -0.1) is 0 Å². The normalized spacial score (nSPS) is 11.9. The molecule has 1 aliphatic rings. The van der Waals surface area contributed by atoms with Gasteiger partial charge in [-0.25, -0.2) is 4.98 Å². The van der Waals surface area contributed by atoms with E-state index < -0.39 is 0 Å². The molecule has 0 spiro atoms. The summed E-state index contributed by atoms with van der Waals surface area (Å²) in [6.45, 7) is 0.323. The third kappa shape index (κ3) is 4.65. The summed E-state index contributed by atoms with van der Waals surface area (Å²) in [5.41, 5.74) is 2.90. The van der Waals surface area contributed by atoms with Crippen molar-refractivity contribution < 1.29 is 9.59 Å². The van der Waals surface area contributed by atoms with Crippen LogP contribution in [0.2, 0.25) is 0 Å². The van der Waals surface area contributed by atoms with Crippen molar-refractivity contribution in [3.8, 4) is 17.9 Å². The Morgan fingerprint density at radius 2 is 1.73 bits per heavy atom. The number of nitrogens with one attached hydrogen (secondary N) is 2. The van der Waals surface area contributed by atoms with E-state index in [4.69, 9.17) is 5.26 Å². The SMILES string of the molecule is CNc1nc(Nc2ccc(C#N)cc2)ncc1C#CCCCN1C(=O)c2ccccc2C1=O. The van der Waals surface area contributed by atoms with Gasteiger partial charge in [-0.05, 0) is 42.8 Å². The maximum Gasteiger partial charge on any atom is 0.261 e. The van der Waals surface area contributed by atoms with Crippen molar-refractivity contribution in [1.29, 1.82) is 5.26 Å². The van der Waals surface area contributed by atoms with Gasteiger partial charge in [0.2, 0.25) is 5.95 Å². The molecular formula is C25H20N6O2. The molecule has 8 nitrogen and oxygen atoms in total. The molecule has 33 heavy (non-hydrogen) atoms. The highest BCUT2D eigenvalue weighted by Gasteiger charge is 2.34. The predicted octanol–water partition coefficient (Wildman–Crippen LogP) is 3.56. The first kappa shape index (κ1) is 21.5. The van der Waals surface area contributed by atoms with Gasteiger partial charge in [-0.1, -0.05) is 24.0 Å². The first-order valence-electron chi connectivity index (χ1n) is 10.4. The predicted molar refractivity (Wildman–Crippen MR) is 124 cm³/mol. The van der Waals surface area contributed by atoms with E-state index in [-0.39, 0.29) is 11.8 Å². The Morgan fingerprint density at radius 3 is 2.36 bits per heavy atom. The zero-order chi connectivity index (χ0) is 23.2. The standard InChI is InChI=1S/C25H20N6O2/c1-27-22-18(16-28-25(30-22)29-19-12-10-17(15-26)11-13-19)7-3-2-6-14-31-23(32)20-8-4-5-9-21(20)24(31)33/h4-5,8-13,16H,2,6,14H2,1H3,(H2,27,28,29,30). The number of rotatable bonds is 6. The fourth-order valence-electron chi connectivity index (χ4n) is 3.41. The Bertz CT molecular complexity index is 1280. The summed E-state index contributed by atoms with van der Waals surface area (Å²) >= 11 is 0. The molecule has 8 heteroatoms. The zero-order valence-corrected chi connectivity index (χ0v) is 17.9. The molecule has 0 aliphatic carbocycles. The lowest BCUT2D eigenvalue weighted by atomic mass is 10.1. The largest absolute Gasteiger partial charge is 0.372 e. The number of aromatic nitrogens is 2. The first-order valence-corrected chi connectivity index (χ1v) is 10.4. The van der Waals surface area contributed by atoms with Gasteiger partial charge in [0.25, 0.3) is 11.8 Å². The summed E-state index contributed by atoms with van der Waals surface area (Å²) in [5.74, 6) is 6.59. The Hall–Kier alpha value is -4.69. The van der Waals surface area contributed by atoms with Crippen molar-refractivity contribution in [3.63, 3.8) is 0 Å². The van der Waals surface area contributed by atoms with Crippen LogP contribution >= 0.6 is 0 Å². The second kappa shape index (κ2) is 9.63. The number of anilines is 3. The number of nitriles is 1. The van der Waals surface area contributed by atoms with Crippen LogP contribution in [0.15, 0.2) is 54.7 Å². The van der Waals surface area contributed by atoms with Gasteiger partial charge in [0.05, 0.1) is 34.5 Å². The minimum Gasteiger partial charge on any atom is -0.372 e. The molecule has 1 aliphatic heterocycles. The first-order chi connectivity index (χ1) is 16.1. The third-order valence-electron chi connectivity index (χ3n) is 5.08. The number of unbranched alkanes of at least 4 members (excludes halogenated alkanes) is 1. The molecule has 2 amide bonds. The van der Waals surface area contributed by atoms with E-state index in [1.165, 1.54) is 4.90 Å². The molecule has 0 saturated carbocycles. The summed E-state index contributed by atoms with van der Waals surface area (Å²) in [6.07, 6.45) is 2.72. The molecule has 0 radical (unpaired) electrons. The van der Waals surface area contributed by atoms with E-state index in [0.717, 1.165) is 5.69 Å². The molecule has 2 heterocycles. The zero-order valence-electron chi connectivity index (χ0n) is 17.9. The molecule has 0 unspecified atom stereocenters. The summed E-state index contributed by atoms with van der Waals surface area (Å²) in [4.78, 5) is 34.8. The van der Waals surface area contributed by atoms with E-state index >= 15 is 0 Å². The van der Waals surface area contributed by atoms with Crippen molar-refractivity contribution in [2.45, 2.75) is 12.8 Å². The summed E-state index contributed by atoms with van der Waals surface area (Å²) in [7, 11) is 1.75. The van der Waals surface area contributed by atoms with Crippen LogP contribution in [-0.2, 0) is 0 Å². The monoisotopic (exact) mass is 436 g/mol. The molecular weight excluding hydrogens is 416 g/mol. The fourth-order valence-corrected chi connectivity index (χ4v) is 3.41. The highest BCUT2D eigenvalue weighted by atomic mass is 16.2.